The van der Waals surface area contributed by atoms with Crippen LogP contribution in [0.5, 0.6) is 11.5 Å². The summed E-state index contributed by atoms with van der Waals surface area (Å²) in [5, 5.41) is 14.1. The third-order valence-corrected chi connectivity index (χ3v) is 6.53. The van der Waals surface area contributed by atoms with E-state index < -0.39 is 54.8 Å². The number of nitrogens with zero attached hydrogens (tertiary/aromatic N) is 2. The third kappa shape index (κ3) is 1.91. The molecule has 1 N–H and O–H groups in total. The van der Waals surface area contributed by atoms with Gasteiger partial charge >= 0.3 is 5.25 Å². The number of halogens is 4. The van der Waals surface area contributed by atoms with Crippen LogP contribution in [-0.4, -0.2) is 29.9 Å². The van der Waals surface area contributed by atoms with Gasteiger partial charge in [0.05, 0.1) is 16.7 Å². The van der Waals surface area contributed by atoms with Crippen LogP contribution < -0.4 is 4.74 Å². The minimum absolute atomic E-state index is 0.0795. The summed E-state index contributed by atoms with van der Waals surface area (Å²) in [4.78, 5) is 2.65. The van der Waals surface area contributed by atoms with E-state index in [9.17, 15) is 31.1 Å². The van der Waals surface area contributed by atoms with Crippen molar-refractivity contribution in [2.24, 2.45) is 0 Å². The molecule has 27 heavy (non-hydrogen) atoms. The molecule has 0 amide bonds. The Labute approximate surface area is 149 Å². The zero-order chi connectivity index (χ0) is 19.8. The maximum Gasteiger partial charge on any atom is 0.384 e. The van der Waals surface area contributed by atoms with E-state index in [0.29, 0.717) is 6.07 Å². The Bertz CT molecular complexity index is 1130. The smallest absolute Gasteiger partial charge is 0.384 e. The zero-order valence-electron chi connectivity index (χ0n) is 13.0. The average molecular weight is 400 g/mol. The summed E-state index contributed by atoms with van der Waals surface area (Å²) in [6, 6.07) is 4.57. The molecule has 6 nitrogen and oxygen atoms in total. The maximum atomic E-state index is 14.5. The summed E-state index contributed by atoms with van der Waals surface area (Å²) in [5.41, 5.74) is -5.64. The van der Waals surface area contributed by atoms with Gasteiger partial charge in [-0.25, -0.2) is 17.2 Å². The van der Waals surface area contributed by atoms with E-state index in [1.807, 2.05) is 0 Å². The van der Waals surface area contributed by atoms with Gasteiger partial charge < -0.3 is 9.84 Å². The number of hydrogen-bond acceptors (Lipinski definition) is 6. The highest BCUT2D eigenvalue weighted by atomic mass is 32.2. The minimum Gasteiger partial charge on any atom is -0.455 e. The Balaban J connectivity index is 1.95. The summed E-state index contributed by atoms with van der Waals surface area (Å²) in [6.07, 6.45) is -3.62. The first kappa shape index (κ1) is 17.7. The predicted octanol–water partition coefficient (Wildman–Crippen LogP) is 2.68. The largest absolute Gasteiger partial charge is 0.455 e. The molecule has 0 spiro atoms. The third-order valence-electron chi connectivity index (χ3n) is 4.62. The molecule has 0 saturated heterocycles. The highest BCUT2D eigenvalue weighted by Gasteiger charge is 2.78. The molecular weight excluding hydrogens is 392 g/mol. The Morgan fingerprint density at radius 1 is 1.26 bits per heavy atom. The highest BCUT2D eigenvalue weighted by Crippen LogP contribution is 2.65. The highest BCUT2D eigenvalue weighted by molar-refractivity contribution is 7.93. The zero-order valence-corrected chi connectivity index (χ0v) is 13.8. The molecule has 3 atom stereocenters. The van der Waals surface area contributed by atoms with Crippen molar-refractivity contribution in [2.75, 3.05) is 0 Å². The van der Waals surface area contributed by atoms with Crippen molar-refractivity contribution in [2.45, 2.75) is 28.1 Å². The van der Waals surface area contributed by atoms with Crippen LogP contribution in [0.25, 0.3) is 0 Å². The van der Waals surface area contributed by atoms with Gasteiger partial charge in [0.1, 0.15) is 17.6 Å². The van der Waals surface area contributed by atoms with Crippen LogP contribution in [0.4, 0.5) is 17.6 Å². The van der Waals surface area contributed by atoms with Gasteiger partial charge in [0.15, 0.2) is 12.3 Å². The second kappa shape index (κ2) is 5.17. The van der Waals surface area contributed by atoms with E-state index in [4.69, 9.17) is 10.00 Å². The first-order valence-electron chi connectivity index (χ1n) is 7.40. The maximum absolute atomic E-state index is 14.5. The van der Waals surface area contributed by atoms with Crippen LogP contribution in [0.3, 0.4) is 0 Å². The van der Waals surface area contributed by atoms with E-state index in [-0.39, 0.29) is 11.3 Å². The van der Waals surface area contributed by atoms with Gasteiger partial charge in [0.2, 0.25) is 15.4 Å². The molecule has 0 fully saturated rings. The van der Waals surface area contributed by atoms with Gasteiger partial charge in [0, 0.05) is 23.4 Å². The summed E-state index contributed by atoms with van der Waals surface area (Å²) in [7, 11) is -5.42. The van der Waals surface area contributed by atoms with Crippen LogP contribution in [0.15, 0.2) is 35.5 Å². The second-order valence-electron chi connectivity index (χ2n) is 6.06. The molecule has 1 aliphatic carbocycles. The number of aromatic nitrogens is 1. The lowest BCUT2D eigenvalue weighted by molar-refractivity contribution is -0.170. The van der Waals surface area contributed by atoms with Gasteiger partial charge in [0.25, 0.3) is 0 Å². The molecule has 1 aliphatic heterocycles. The fraction of sp³-hybridized carbons (Fsp3) is 0.250. The van der Waals surface area contributed by atoms with Crippen molar-refractivity contribution in [1.29, 1.82) is 5.26 Å². The summed E-state index contributed by atoms with van der Waals surface area (Å²) >= 11 is 0. The van der Waals surface area contributed by atoms with Crippen molar-refractivity contribution in [3.05, 3.63) is 47.3 Å². The van der Waals surface area contributed by atoms with E-state index in [0.717, 1.165) is 12.3 Å². The number of aliphatic hydroxyl groups is 1. The molecule has 11 heteroatoms. The molecule has 2 aliphatic rings. The van der Waals surface area contributed by atoms with E-state index in [1.54, 1.807) is 6.07 Å². The molecule has 2 aromatic rings. The topological polar surface area (TPSA) is 100 Å². The number of ether oxygens (including phenoxy) is 1. The molecule has 1 aromatic heterocycles. The number of alkyl halides is 4. The van der Waals surface area contributed by atoms with Crippen LogP contribution >= 0.6 is 0 Å². The lowest BCUT2D eigenvalue weighted by atomic mass is 9.95. The Morgan fingerprint density at radius 3 is 2.63 bits per heavy atom. The fourth-order valence-electron chi connectivity index (χ4n) is 3.37. The number of sulfone groups is 1. The molecule has 0 radical (unpaired) electrons. The number of rotatable bonds is 2. The quantitative estimate of drug-likeness (QED) is 0.778. The molecule has 0 saturated carbocycles. The summed E-state index contributed by atoms with van der Waals surface area (Å²) in [6.45, 7) is 0. The summed E-state index contributed by atoms with van der Waals surface area (Å²) < 4.78 is 87.0. The average Bonchev–Trinajstić information content (AvgIpc) is 2.91. The van der Waals surface area contributed by atoms with E-state index in [1.165, 1.54) is 12.3 Å². The van der Waals surface area contributed by atoms with Gasteiger partial charge in [-0.05, 0) is 12.1 Å². The Hall–Kier alpha value is -2.71. The van der Waals surface area contributed by atoms with E-state index in [2.05, 4.69) is 4.98 Å². The lowest BCUT2D eigenvalue weighted by Gasteiger charge is -2.27. The Kier molecular flexibility index (Phi) is 3.39. The molecule has 0 unspecified atom stereocenters. The van der Waals surface area contributed by atoms with Gasteiger partial charge in [-0.2, -0.15) is 14.0 Å². The first-order chi connectivity index (χ1) is 12.6. The van der Waals surface area contributed by atoms with Gasteiger partial charge in [-0.3, -0.25) is 4.98 Å². The summed E-state index contributed by atoms with van der Waals surface area (Å²) in [5.74, 6) is -0.555. The van der Waals surface area contributed by atoms with Crippen LogP contribution in [0.1, 0.15) is 22.9 Å². The number of benzene rings is 1. The van der Waals surface area contributed by atoms with Crippen LogP contribution in [-0.2, 0) is 15.4 Å². The van der Waals surface area contributed by atoms with Crippen LogP contribution in [0.2, 0.25) is 0 Å². The van der Waals surface area contributed by atoms with Gasteiger partial charge in [-0.15, -0.1) is 0 Å². The number of pyridine rings is 1. The van der Waals surface area contributed by atoms with Crippen molar-refractivity contribution in [3.63, 3.8) is 0 Å². The molecule has 0 bridgehead atoms. The lowest BCUT2D eigenvalue weighted by Crippen LogP contribution is -2.50. The number of hydrogen-bond donors (Lipinski definition) is 1. The standard InChI is InChI=1S/C16H8F4N2O4S/c17-13-11-9(26-8-3-7(4-21)5-22-6-8)1-2-10-12(11)15(23,14(13)18)16(19,20)27(10,24)25/h1-3,5-6,13-14,23H/t13-,14-,15+/m0/s1. The van der Waals surface area contributed by atoms with Gasteiger partial charge in [-0.1, -0.05) is 0 Å². The van der Waals surface area contributed by atoms with Crippen molar-refractivity contribution >= 4 is 9.84 Å². The van der Waals surface area contributed by atoms with Crippen molar-refractivity contribution < 1.29 is 35.8 Å². The minimum atomic E-state index is -5.42. The molecule has 1 aromatic carbocycles. The molecular formula is C16H8F4N2O4S. The van der Waals surface area contributed by atoms with Crippen LogP contribution in [0, 0.1) is 11.3 Å². The SMILES string of the molecule is N#Cc1cncc(Oc2ccc3c4c2[C@H](F)[C@H](F)[C@@]4(O)C(F)(F)S3(=O)=O)c1. The fourth-order valence-corrected chi connectivity index (χ4v) is 5.05. The molecule has 2 heterocycles. The Morgan fingerprint density at radius 2 is 1.96 bits per heavy atom. The monoisotopic (exact) mass is 400 g/mol. The van der Waals surface area contributed by atoms with E-state index >= 15 is 0 Å². The second-order valence-corrected chi connectivity index (χ2v) is 8.02. The normalized spacial score (nSPS) is 29.2. The van der Waals surface area contributed by atoms with Crippen molar-refractivity contribution in [1.82, 2.24) is 4.98 Å². The molecule has 4 rings (SSSR count). The predicted molar refractivity (Wildman–Crippen MR) is 80.2 cm³/mol. The van der Waals surface area contributed by atoms with Crippen molar-refractivity contribution in [3.8, 4) is 17.6 Å². The number of nitriles is 1. The first-order valence-corrected chi connectivity index (χ1v) is 8.89. The molecule has 140 valence electrons.